The van der Waals surface area contributed by atoms with E-state index in [2.05, 4.69) is 21.5 Å². The quantitative estimate of drug-likeness (QED) is 0.574. The predicted octanol–water partition coefficient (Wildman–Crippen LogP) is 3.03. The smallest absolute Gasteiger partial charge is 0.0775 e. The van der Waals surface area contributed by atoms with Gasteiger partial charge in [-0.2, -0.15) is 0 Å². The average Bonchev–Trinajstić information content (AvgIpc) is 2.53. The minimum Gasteiger partial charge on any atom is -0.271 e. The lowest BCUT2D eigenvalue weighted by Crippen LogP contribution is -2.30. The Balaban J connectivity index is 1.98. The molecule has 0 radical (unpaired) electrons. The average molecular weight is 299 g/mol. The van der Waals surface area contributed by atoms with Crippen LogP contribution in [0.15, 0.2) is 54.9 Å². The van der Waals surface area contributed by atoms with Gasteiger partial charge in [0.2, 0.25) is 0 Å². The molecule has 1 atom stereocenters. The van der Waals surface area contributed by atoms with Crippen LogP contribution in [0, 0.1) is 0 Å². The van der Waals surface area contributed by atoms with Crippen LogP contribution in [0.2, 0.25) is 5.02 Å². The van der Waals surface area contributed by atoms with Crippen molar-refractivity contribution >= 4 is 22.5 Å². The van der Waals surface area contributed by atoms with Crippen LogP contribution < -0.4 is 11.3 Å². The van der Waals surface area contributed by atoms with Gasteiger partial charge in [-0.25, -0.2) is 0 Å². The summed E-state index contributed by atoms with van der Waals surface area (Å²) in [5.74, 6) is 5.70. The number of nitrogens with one attached hydrogen (secondary N) is 1. The van der Waals surface area contributed by atoms with Gasteiger partial charge in [0.1, 0.15) is 0 Å². The summed E-state index contributed by atoms with van der Waals surface area (Å²) in [4.78, 5) is 8.71. The highest BCUT2D eigenvalue weighted by Gasteiger charge is 2.16. The zero-order valence-electron chi connectivity index (χ0n) is 11.3. The maximum atomic E-state index is 6.21. The van der Waals surface area contributed by atoms with Gasteiger partial charge in [-0.3, -0.25) is 21.2 Å². The number of pyridine rings is 2. The summed E-state index contributed by atoms with van der Waals surface area (Å²) in [5.41, 5.74) is 5.69. The summed E-state index contributed by atoms with van der Waals surface area (Å²) >= 11 is 6.21. The van der Waals surface area contributed by atoms with Gasteiger partial charge < -0.3 is 0 Å². The van der Waals surface area contributed by atoms with Crippen LogP contribution in [0.3, 0.4) is 0 Å². The number of rotatable bonds is 4. The van der Waals surface area contributed by atoms with Crippen molar-refractivity contribution in [3.05, 3.63) is 71.1 Å². The summed E-state index contributed by atoms with van der Waals surface area (Å²) < 4.78 is 0. The highest BCUT2D eigenvalue weighted by atomic mass is 35.5. The van der Waals surface area contributed by atoms with E-state index in [4.69, 9.17) is 17.4 Å². The van der Waals surface area contributed by atoms with Gasteiger partial charge in [0.05, 0.1) is 22.3 Å². The second kappa shape index (κ2) is 6.18. The largest absolute Gasteiger partial charge is 0.271 e. The Morgan fingerprint density at radius 2 is 1.90 bits per heavy atom. The van der Waals surface area contributed by atoms with E-state index < -0.39 is 0 Å². The molecule has 0 aliphatic carbocycles. The SMILES string of the molecule is NNC(Cc1ccnc2ccccc12)c1ncccc1Cl. The van der Waals surface area contributed by atoms with E-state index in [1.807, 2.05) is 36.5 Å². The van der Waals surface area contributed by atoms with Crippen LogP contribution in [0.5, 0.6) is 0 Å². The maximum absolute atomic E-state index is 6.21. The summed E-state index contributed by atoms with van der Waals surface area (Å²) in [6.45, 7) is 0. The van der Waals surface area contributed by atoms with Gasteiger partial charge in [-0.15, -0.1) is 0 Å². The summed E-state index contributed by atoms with van der Waals surface area (Å²) in [6.07, 6.45) is 4.22. The van der Waals surface area contributed by atoms with E-state index >= 15 is 0 Å². The number of hydrazine groups is 1. The van der Waals surface area contributed by atoms with Crippen LogP contribution >= 0.6 is 11.6 Å². The van der Waals surface area contributed by atoms with Gasteiger partial charge in [0.25, 0.3) is 0 Å². The Hall–Kier alpha value is -2.01. The lowest BCUT2D eigenvalue weighted by Gasteiger charge is -2.17. The van der Waals surface area contributed by atoms with Crippen molar-refractivity contribution in [2.24, 2.45) is 5.84 Å². The van der Waals surface area contributed by atoms with Crippen LogP contribution in [-0.2, 0) is 6.42 Å². The molecular weight excluding hydrogens is 284 g/mol. The minimum atomic E-state index is -0.149. The summed E-state index contributed by atoms with van der Waals surface area (Å²) in [7, 11) is 0. The first kappa shape index (κ1) is 13.9. The fraction of sp³-hybridized carbons (Fsp3) is 0.125. The molecule has 1 unspecified atom stereocenters. The molecule has 1 aromatic carbocycles. The molecule has 3 rings (SSSR count). The zero-order valence-corrected chi connectivity index (χ0v) is 12.1. The second-order valence-corrected chi connectivity index (χ2v) is 5.19. The molecule has 3 N–H and O–H groups in total. The number of fused-ring (bicyclic) bond motifs is 1. The monoisotopic (exact) mass is 298 g/mol. The first-order valence-electron chi connectivity index (χ1n) is 6.69. The lowest BCUT2D eigenvalue weighted by atomic mass is 10.00. The van der Waals surface area contributed by atoms with Crippen molar-refractivity contribution in [3.63, 3.8) is 0 Å². The van der Waals surface area contributed by atoms with E-state index in [1.165, 1.54) is 0 Å². The summed E-state index contributed by atoms with van der Waals surface area (Å²) in [5, 5.41) is 1.73. The maximum Gasteiger partial charge on any atom is 0.0775 e. The van der Waals surface area contributed by atoms with Crippen molar-refractivity contribution in [3.8, 4) is 0 Å². The Kier molecular flexibility index (Phi) is 4.10. The van der Waals surface area contributed by atoms with E-state index in [0.717, 1.165) is 22.2 Å². The van der Waals surface area contributed by atoms with Crippen molar-refractivity contribution in [1.29, 1.82) is 0 Å². The third kappa shape index (κ3) is 2.88. The first-order chi connectivity index (χ1) is 10.3. The second-order valence-electron chi connectivity index (χ2n) is 4.78. The molecule has 4 nitrogen and oxygen atoms in total. The number of nitrogens with two attached hydrogens (primary N) is 1. The first-order valence-corrected chi connectivity index (χ1v) is 7.06. The number of halogens is 1. The normalized spacial score (nSPS) is 12.5. The van der Waals surface area contributed by atoms with Gasteiger partial charge in [0, 0.05) is 17.8 Å². The van der Waals surface area contributed by atoms with E-state index in [9.17, 15) is 0 Å². The molecule has 2 aromatic heterocycles. The van der Waals surface area contributed by atoms with Gasteiger partial charge in [-0.05, 0) is 36.2 Å². The fourth-order valence-corrected chi connectivity index (χ4v) is 2.70. The predicted molar refractivity (Wildman–Crippen MR) is 84.8 cm³/mol. The number of aromatic nitrogens is 2. The Labute approximate surface area is 128 Å². The molecule has 5 heteroatoms. The zero-order chi connectivity index (χ0) is 14.7. The van der Waals surface area contributed by atoms with Crippen LogP contribution in [0.4, 0.5) is 0 Å². The van der Waals surface area contributed by atoms with Crippen LogP contribution in [0.1, 0.15) is 17.3 Å². The van der Waals surface area contributed by atoms with Crippen molar-refractivity contribution in [2.75, 3.05) is 0 Å². The standard InChI is InChI=1S/C16H15ClN4/c17-13-5-3-8-20-16(13)15(21-18)10-11-7-9-19-14-6-2-1-4-12(11)14/h1-9,15,21H,10,18H2. The molecule has 0 amide bonds. The number of benzene rings is 1. The minimum absolute atomic E-state index is 0.149. The van der Waals surface area contributed by atoms with Crippen molar-refractivity contribution in [1.82, 2.24) is 15.4 Å². The molecule has 0 aliphatic heterocycles. The summed E-state index contributed by atoms with van der Waals surface area (Å²) in [6, 6.07) is 13.5. The highest BCUT2D eigenvalue weighted by molar-refractivity contribution is 6.31. The van der Waals surface area contributed by atoms with Gasteiger partial charge in [-0.1, -0.05) is 29.8 Å². The molecule has 0 saturated carbocycles. The molecule has 0 spiro atoms. The third-order valence-corrected chi connectivity index (χ3v) is 3.80. The Bertz CT molecular complexity index is 755. The number of hydrogen-bond acceptors (Lipinski definition) is 4. The van der Waals surface area contributed by atoms with E-state index in [-0.39, 0.29) is 6.04 Å². The van der Waals surface area contributed by atoms with E-state index in [1.54, 1.807) is 12.3 Å². The van der Waals surface area contributed by atoms with Crippen molar-refractivity contribution in [2.45, 2.75) is 12.5 Å². The lowest BCUT2D eigenvalue weighted by molar-refractivity contribution is 0.540. The van der Waals surface area contributed by atoms with Crippen LogP contribution in [0.25, 0.3) is 10.9 Å². The third-order valence-electron chi connectivity index (χ3n) is 3.48. The highest BCUT2D eigenvalue weighted by Crippen LogP contribution is 2.25. The Morgan fingerprint density at radius 1 is 1.05 bits per heavy atom. The number of para-hydroxylation sites is 1. The van der Waals surface area contributed by atoms with Gasteiger partial charge >= 0.3 is 0 Å². The molecule has 106 valence electrons. The topological polar surface area (TPSA) is 63.8 Å². The molecular formula is C16H15ClN4. The molecule has 0 aliphatic rings. The molecule has 0 saturated heterocycles. The fourth-order valence-electron chi connectivity index (χ4n) is 2.44. The van der Waals surface area contributed by atoms with Gasteiger partial charge in [0.15, 0.2) is 0 Å². The Morgan fingerprint density at radius 3 is 2.71 bits per heavy atom. The van der Waals surface area contributed by atoms with Crippen molar-refractivity contribution < 1.29 is 0 Å². The number of nitrogens with zero attached hydrogens (tertiary/aromatic N) is 2. The molecule has 0 bridgehead atoms. The molecule has 3 aromatic rings. The van der Waals surface area contributed by atoms with Crippen LogP contribution in [-0.4, -0.2) is 9.97 Å². The molecule has 21 heavy (non-hydrogen) atoms. The molecule has 0 fully saturated rings. The number of hydrogen-bond donors (Lipinski definition) is 2. The molecule has 2 heterocycles. The van der Waals surface area contributed by atoms with E-state index in [0.29, 0.717) is 11.4 Å².